The van der Waals surface area contributed by atoms with Crippen LogP contribution in [0.4, 0.5) is 0 Å². The highest BCUT2D eigenvalue weighted by Gasteiger charge is 2.21. The minimum atomic E-state index is 0.0683. The first-order valence-corrected chi connectivity index (χ1v) is 9.02. The summed E-state index contributed by atoms with van der Waals surface area (Å²) in [5.74, 6) is 0.0683. The van der Waals surface area contributed by atoms with Crippen molar-refractivity contribution in [3.05, 3.63) is 54.2 Å². The van der Waals surface area contributed by atoms with E-state index in [0.29, 0.717) is 6.54 Å². The second-order valence-electron chi connectivity index (χ2n) is 4.73. The van der Waals surface area contributed by atoms with E-state index >= 15 is 0 Å². The highest BCUT2D eigenvalue weighted by Crippen LogP contribution is 2.23. The number of hydrogen-bond acceptors (Lipinski definition) is 2. The zero-order chi connectivity index (χ0) is 14.7. The van der Waals surface area contributed by atoms with Gasteiger partial charge in [-0.15, -0.1) is 11.3 Å². The van der Waals surface area contributed by atoms with Crippen LogP contribution in [0.25, 0.3) is 0 Å². The lowest BCUT2D eigenvalue weighted by molar-refractivity contribution is 0.0691. The van der Waals surface area contributed by atoms with E-state index in [9.17, 15) is 4.79 Å². The predicted molar refractivity (Wildman–Crippen MR) is 96.2 cm³/mol. The van der Waals surface area contributed by atoms with Crippen LogP contribution >= 0.6 is 49.9 Å². The number of carbonyl (C=O) groups is 1. The molecule has 0 saturated heterocycles. The molecule has 0 aliphatic heterocycles. The Balaban J connectivity index is 2.29. The molecule has 0 fully saturated rings. The van der Waals surface area contributed by atoms with Gasteiger partial charge in [-0.2, -0.15) is 0 Å². The summed E-state index contributed by atoms with van der Waals surface area (Å²) in [6.45, 7) is 4.76. The van der Waals surface area contributed by atoms with Gasteiger partial charge in [-0.1, -0.05) is 6.07 Å². The normalized spacial score (nSPS) is 10.8. The highest BCUT2D eigenvalue weighted by molar-refractivity contribution is 14.1. The van der Waals surface area contributed by atoms with Gasteiger partial charge in [-0.05, 0) is 82.0 Å². The molecule has 0 aliphatic carbocycles. The first-order chi connectivity index (χ1) is 9.49. The summed E-state index contributed by atoms with van der Waals surface area (Å²) in [6, 6.07) is 10.1. The van der Waals surface area contributed by atoms with Gasteiger partial charge in [0.1, 0.15) is 0 Å². The van der Waals surface area contributed by atoms with Crippen LogP contribution in [0.1, 0.15) is 29.1 Å². The number of benzene rings is 1. The van der Waals surface area contributed by atoms with Crippen LogP contribution in [-0.4, -0.2) is 16.8 Å². The number of amides is 1. The number of nitrogens with zero attached hydrogens (tertiary/aromatic N) is 1. The van der Waals surface area contributed by atoms with Crippen molar-refractivity contribution in [3.8, 4) is 0 Å². The molecule has 5 heteroatoms. The molecular weight excluding hydrogens is 449 g/mol. The van der Waals surface area contributed by atoms with E-state index in [1.165, 1.54) is 4.88 Å². The van der Waals surface area contributed by atoms with Gasteiger partial charge in [0.05, 0.1) is 12.1 Å². The van der Waals surface area contributed by atoms with Crippen LogP contribution in [0.3, 0.4) is 0 Å². The van der Waals surface area contributed by atoms with Crippen LogP contribution in [0.2, 0.25) is 0 Å². The summed E-state index contributed by atoms with van der Waals surface area (Å²) in [6.07, 6.45) is 0. The molecule has 1 aromatic heterocycles. The van der Waals surface area contributed by atoms with E-state index in [1.807, 2.05) is 48.4 Å². The molecule has 0 N–H and O–H groups in total. The molecule has 20 heavy (non-hydrogen) atoms. The Morgan fingerprint density at radius 2 is 2.15 bits per heavy atom. The van der Waals surface area contributed by atoms with Gasteiger partial charge in [0.25, 0.3) is 5.91 Å². The standard InChI is InChI=1S/C15H15BrINOS/c1-10(2)18(9-12-4-3-7-20-12)15(19)13-8-11(17)5-6-14(13)16/h3-8,10H,9H2,1-2H3. The van der Waals surface area contributed by atoms with Gasteiger partial charge >= 0.3 is 0 Å². The fraction of sp³-hybridized carbons (Fsp3) is 0.267. The van der Waals surface area contributed by atoms with Crippen molar-refractivity contribution in [1.29, 1.82) is 0 Å². The topological polar surface area (TPSA) is 20.3 Å². The average molecular weight is 464 g/mol. The summed E-state index contributed by atoms with van der Waals surface area (Å²) < 4.78 is 1.91. The summed E-state index contributed by atoms with van der Waals surface area (Å²) in [4.78, 5) is 15.9. The molecule has 106 valence electrons. The lowest BCUT2D eigenvalue weighted by Crippen LogP contribution is -2.36. The Morgan fingerprint density at radius 3 is 2.75 bits per heavy atom. The summed E-state index contributed by atoms with van der Waals surface area (Å²) >= 11 is 7.39. The molecular formula is C15H15BrINOS. The van der Waals surface area contributed by atoms with Crippen LogP contribution in [0, 0.1) is 3.57 Å². The highest BCUT2D eigenvalue weighted by atomic mass is 127. The monoisotopic (exact) mass is 463 g/mol. The van der Waals surface area contributed by atoms with Gasteiger partial charge < -0.3 is 4.90 Å². The van der Waals surface area contributed by atoms with E-state index in [4.69, 9.17) is 0 Å². The van der Waals surface area contributed by atoms with Gasteiger partial charge in [0.15, 0.2) is 0 Å². The Morgan fingerprint density at radius 1 is 1.40 bits per heavy atom. The molecule has 1 heterocycles. The molecule has 0 spiro atoms. The lowest BCUT2D eigenvalue weighted by Gasteiger charge is -2.27. The molecule has 1 amide bonds. The Hall–Kier alpha value is -0.400. The Bertz CT molecular complexity index is 598. The van der Waals surface area contributed by atoms with E-state index in [1.54, 1.807) is 11.3 Å². The number of carbonyl (C=O) groups excluding carboxylic acids is 1. The van der Waals surface area contributed by atoms with E-state index in [0.717, 1.165) is 13.6 Å². The Kier molecular flexibility index (Phi) is 5.63. The van der Waals surface area contributed by atoms with Gasteiger partial charge in [-0.25, -0.2) is 0 Å². The van der Waals surface area contributed by atoms with Crippen molar-refractivity contribution in [3.63, 3.8) is 0 Å². The number of rotatable bonds is 4. The van der Waals surface area contributed by atoms with Crippen molar-refractivity contribution in [2.75, 3.05) is 0 Å². The molecule has 0 unspecified atom stereocenters. The van der Waals surface area contributed by atoms with Crippen molar-refractivity contribution in [1.82, 2.24) is 4.90 Å². The van der Waals surface area contributed by atoms with Crippen LogP contribution < -0.4 is 0 Å². The molecule has 0 radical (unpaired) electrons. The van der Waals surface area contributed by atoms with Gasteiger partial charge in [0, 0.05) is 19.0 Å². The first kappa shape index (κ1) is 16.0. The SMILES string of the molecule is CC(C)N(Cc1cccs1)C(=O)c1cc(I)ccc1Br. The van der Waals surface area contributed by atoms with Crippen LogP contribution in [0.15, 0.2) is 40.2 Å². The van der Waals surface area contributed by atoms with Crippen molar-refractivity contribution in [2.24, 2.45) is 0 Å². The zero-order valence-electron chi connectivity index (χ0n) is 11.3. The zero-order valence-corrected chi connectivity index (χ0v) is 15.8. The Labute approximate surface area is 145 Å². The van der Waals surface area contributed by atoms with Gasteiger partial charge in [-0.3, -0.25) is 4.79 Å². The quantitative estimate of drug-likeness (QED) is 0.573. The number of halogens is 2. The molecule has 0 atom stereocenters. The third-order valence-corrected chi connectivity index (χ3v) is 5.17. The molecule has 1 aromatic carbocycles. The fourth-order valence-electron chi connectivity index (χ4n) is 1.88. The summed E-state index contributed by atoms with van der Waals surface area (Å²) in [7, 11) is 0. The van der Waals surface area contributed by atoms with E-state index < -0.39 is 0 Å². The van der Waals surface area contributed by atoms with Crippen molar-refractivity contribution >= 4 is 55.8 Å². The maximum absolute atomic E-state index is 12.8. The molecule has 2 rings (SSSR count). The second kappa shape index (κ2) is 7.04. The van der Waals surface area contributed by atoms with Crippen molar-refractivity contribution in [2.45, 2.75) is 26.4 Å². The molecule has 0 aliphatic rings. The van der Waals surface area contributed by atoms with E-state index in [2.05, 4.69) is 44.6 Å². The minimum Gasteiger partial charge on any atom is -0.331 e. The van der Waals surface area contributed by atoms with E-state index in [-0.39, 0.29) is 11.9 Å². The maximum atomic E-state index is 12.8. The minimum absolute atomic E-state index is 0.0683. The summed E-state index contributed by atoms with van der Waals surface area (Å²) in [5.41, 5.74) is 0.724. The molecule has 2 nitrogen and oxygen atoms in total. The second-order valence-corrected chi connectivity index (χ2v) is 7.86. The predicted octanol–water partition coefficient (Wildman–Crippen LogP) is 5.17. The summed E-state index contributed by atoms with van der Waals surface area (Å²) in [5, 5.41) is 2.04. The lowest BCUT2D eigenvalue weighted by atomic mass is 10.1. The fourth-order valence-corrected chi connectivity index (χ4v) is 3.49. The first-order valence-electron chi connectivity index (χ1n) is 6.27. The van der Waals surface area contributed by atoms with Crippen LogP contribution in [-0.2, 0) is 6.54 Å². The van der Waals surface area contributed by atoms with Crippen LogP contribution in [0.5, 0.6) is 0 Å². The van der Waals surface area contributed by atoms with Crippen molar-refractivity contribution < 1.29 is 4.79 Å². The average Bonchev–Trinajstić information content (AvgIpc) is 2.90. The largest absolute Gasteiger partial charge is 0.331 e. The third-order valence-electron chi connectivity index (χ3n) is 2.95. The smallest absolute Gasteiger partial charge is 0.255 e. The number of hydrogen-bond donors (Lipinski definition) is 0. The third kappa shape index (κ3) is 3.83. The molecule has 0 bridgehead atoms. The van der Waals surface area contributed by atoms with Gasteiger partial charge in [0.2, 0.25) is 0 Å². The molecule has 2 aromatic rings. The molecule has 0 saturated carbocycles. The number of thiophene rings is 1. The maximum Gasteiger partial charge on any atom is 0.255 e.